The van der Waals surface area contributed by atoms with Gasteiger partial charge in [0.1, 0.15) is 0 Å². The summed E-state index contributed by atoms with van der Waals surface area (Å²) in [6.45, 7) is 1.48. The number of alkyl halides is 6. The maximum absolute atomic E-state index is 12.6. The molecule has 0 spiro atoms. The van der Waals surface area contributed by atoms with Crippen LogP contribution >= 0.6 is 0 Å². The SMILES string of the molecule is CCCCC(=O)NCc1cc(C(F)(F)F)cc(C(F)(F)F)c1. The molecule has 1 amide bonds. The fourth-order valence-electron chi connectivity index (χ4n) is 1.75. The van der Waals surface area contributed by atoms with Crippen LogP contribution in [0.3, 0.4) is 0 Å². The largest absolute Gasteiger partial charge is 0.416 e. The number of hydrogen-bond acceptors (Lipinski definition) is 1. The Hall–Kier alpha value is -1.73. The smallest absolute Gasteiger partial charge is 0.352 e. The first-order chi connectivity index (χ1) is 10.0. The van der Waals surface area contributed by atoms with Crippen molar-refractivity contribution in [3.05, 3.63) is 34.9 Å². The van der Waals surface area contributed by atoms with Crippen molar-refractivity contribution in [2.24, 2.45) is 0 Å². The summed E-state index contributed by atoms with van der Waals surface area (Å²) in [5.74, 6) is -0.409. The van der Waals surface area contributed by atoms with Gasteiger partial charge < -0.3 is 5.32 Å². The Kier molecular flexibility index (Phi) is 5.85. The molecule has 0 saturated carbocycles. The molecule has 1 N–H and O–H groups in total. The summed E-state index contributed by atoms with van der Waals surface area (Å²) in [4.78, 5) is 11.4. The van der Waals surface area contributed by atoms with Crippen LogP contribution in [0.5, 0.6) is 0 Å². The van der Waals surface area contributed by atoms with Crippen molar-refractivity contribution in [1.82, 2.24) is 5.32 Å². The number of carbonyl (C=O) groups is 1. The maximum Gasteiger partial charge on any atom is 0.416 e. The normalized spacial score (nSPS) is 12.3. The minimum Gasteiger partial charge on any atom is -0.352 e. The molecule has 0 bridgehead atoms. The Labute approximate surface area is 123 Å². The highest BCUT2D eigenvalue weighted by molar-refractivity contribution is 5.75. The lowest BCUT2D eigenvalue weighted by molar-refractivity contribution is -0.143. The van der Waals surface area contributed by atoms with Crippen LogP contribution in [-0.4, -0.2) is 5.91 Å². The van der Waals surface area contributed by atoms with Crippen LogP contribution in [0.25, 0.3) is 0 Å². The topological polar surface area (TPSA) is 29.1 Å². The number of rotatable bonds is 5. The highest BCUT2D eigenvalue weighted by atomic mass is 19.4. The van der Waals surface area contributed by atoms with Crippen LogP contribution < -0.4 is 5.32 Å². The first-order valence-corrected chi connectivity index (χ1v) is 6.59. The van der Waals surface area contributed by atoms with Gasteiger partial charge in [0, 0.05) is 13.0 Å². The number of amides is 1. The number of nitrogens with one attached hydrogen (secondary N) is 1. The van der Waals surface area contributed by atoms with Crippen molar-refractivity contribution in [1.29, 1.82) is 0 Å². The van der Waals surface area contributed by atoms with Gasteiger partial charge in [-0.2, -0.15) is 26.3 Å². The number of benzene rings is 1. The van der Waals surface area contributed by atoms with Crippen molar-refractivity contribution >= 4 is 5.91 Å². The first-order valence-electron chi connectivity index (χ1n) is 6.59. The third kappa shape index (κ3) is 5.57. The molecule has 0 unspecified atom stereocenters. The van der Waals surface area contributed by atoms with E-state index in [0.717, 1.165) is 6.42 Å². The monoisotopic (exact) mass is 327 g/mol. The van der Waals surface area contributed by atoms with Gasteiger partial charge in [-0.3, -0.25) is 4.79 Å². The highest BCUT2D eigenvalue weighted by Gasteiger charge is 2.36. The van der Waals surface area contributed by atoms with E-state index in [9.17, 15) is 31.1 Å². The molecule has 1 aromatic carbocycles. The molecular formula is C14H15F6NO. The van der Waals surface area contributed by atoms with Crippen LogP contribution in [0.2, 0.25) is 0 Å². The van der Waals surface area contributed by atoms with Gasteiger partial charge in [-0.25, -0.2) is 0 Å². The second kappa shape index (κ2) is 7.02. The number of hydrogen-bond donors (Lipinski definition) is 1. The Morgan fingerprint density at radius 2 is 1.50 bits per heavy atom. The average molecular weight is 327 g/mol. The Bertz CT molecular complexity index is 489. The Balaban J connectivity index is 2.96. The summed E-state index contributed by atoms with van der Waals surface area (Å²) in [5.41, 5.74) is -3.02. The summed E-state index contributed by atoms with van der Waals surface area (Å²) >= 11 is 0. The molecule has 22 heavy (non-hydrogen) atoms. The fourth-order valence-corrected chi connectivity index (χ4v) is 1.75. The predicted octanol–water partition coefficient (Wildman–Crippen LogP) is 4.53. The molecule has 0 aliphatic carbocycles. The zero-order valence-corrected chi connectivity index (χ0v) is 11.7. The van der Waals surface area contributed by atoms with Crippen LogP contribution in [-0.2, 0) is 23.7 Å². The van der Waals surface area contributed by atoms with Gasteiger partial charge in [0.15, 0.2) is 0 Å². The van der Waals surface area contributed by atoms with Gasteiger partial charge in [0.05, 0.1) is 11.1 Å². The van der Waals surface area contributed by atoms with E-state index in [1.54, 1.807) is 0 Å². The van der Waals surface area contributed by atoms with Crippen molar-refractivity contribution in [2.75, 3.05) is 0 Å². The van der Waals surface area contributed by atoms with Crippen molar-refractivity contribution < 1.29 is 31.1 Å². The highest BCUT2D eigenvalue weighted by Crippen LogP contribution is 2.36. The molecular weight excluding hydrogens is 312 g/mol. The summed E-state index contributed by atoms with van der Waals surface area (Å²) < 4.78 is 75.9. The molecule has 2 nitrogen and oxygen atoms in total. The third-order valence-electron chi connectivity index (χ3n) is 2.89. The number of carbonyl (C=O) groups excluding carboxylic acids is 1. The molecule has 0 atom stereocenters. The minimum absolute atomic E-state index is 0.0579. The average Bonchev–Trinajstić information content (AvgIpc) is 2.40. The van der Waals surface area contributed by atoms with E-state index < -0.39 is 29.4 Å². The van der Waals surface area contributed by atoms with Gasteiger partial charge in [-0.1, -0.05) is 13.3 Å². The van der Waals surface area contributed by atoms with Crippen LogP contribution in [0, 0.1) is 0 Å². The zero-order valence-electron chi connectivity index (χ0n) is 11.7. The quantitative estimate of drug-likeness (QED) is 0.791. The predicted molar refractivity (Wildman–Crippen MR) is 67.8 cm³/mol. The molecule has 0 radical (unpaired) electrons. The second-order valence-corrected chi connectivity index (χ2v) is 4.79. The van der Waals surface area contributed by atoms with Crippen LogP contribution in [0.15, 0.2) is 18.2 Å². The zero-order chi connectivity index (χ0) is 17.0. The van der Waals surface area contributed by atoms with Gasteiger partial charge in [-0.05, 0) is 30.2 Å². The molecule has 0 saturated heterocycles. The lowest BCUT2D eigenvalue weighted by Gasteiger charge is -2.14. The molecule has 0 aliphatic rings. The van der Waals surface area contributed by atoms with E-state index in [1.165, 1.54) is 0 Å². The molecule has 0 aromatic heterocycles. The van der Waals surface area contributed by atoms with E-state index in [1.807, 2.05) is 6.92 Å². The molecule has 1 aromatic rings. The summed E-state index contributed by atoms with van der Waals surface area (Å²) in [7, 11) is 0. The third-order valence-corrected chi connectivity index (χ3v) is 2.89. The Morgan fingerprint density at radius 3 is 1.91 bits per heavy atom. The summed E-state index contributed by atoms with van der Waals surface area (Å²) in [6.07, 6.45) is -8.23. The van der Waals surface area contributed by atoms with E-state index in [0.29, 0.717) is 18.6 Å². The van der Waals surface area contributed by atoms with E-state index >= 15 is 0 Å². The number of halogens is 6. The van der Waals surface area contributed by atoms with E-state index in [2.05, 4.69) is 5.32 Å². The van der Waals surface area contributed by atoms with E-state index in [4.69, 9.17) is 0 Å². The molecule has 0 fully saturated rings. The van der Waals surface area contributed by atoms with Crippen LogP contribution in [0.4, 0.5) is 26.3 Å². The summed E-state index contributed by atoms with van der Waals surface area (Å²) in [5, 5.41) is 2.32. The molecule has 124 valence electrons. The molecule has 1 rings (SSSR count). The lowest BCUT2D eigenvalue weighted by Crippen LogP contribution is -2.23. The van der Waals surface area contributed by atoms with Crippen LogP contribution in [0.1, 0.15) is 42.9 Å². The second-order valence-electron chi connectivity index (χ2n) is 4.79. The van der Waals surface area contributed by atoms with Gasteiger partial charge in [0.2, 0.25) is 5.91 Å². The molecule has 8 heteroatoms. The van der Waals surface area contributed by atoms with Crippen molar-refractivity contribution in [3.63, 3.8) is 0 Å². The van der Waals surface area contributed by atoms with Gasteiger partial charge in [-0.15, -0.1) is 0 Å². The standard InChI is InChI=1S/C14H15F6NO/c1-2-3-4-12(22)21-8-9-5-10(13(15,16)17)7-11(6-9)14(18,19)20/h5-7H,2-4,8H2,1H3,(H,21,22). The Morgan fingerprint density at radius 1 is 1.00 bits per heavy atom. The van der Waals surface area contributed by atoms with Gasteiger partial charge >= 0.3 is 12.4 Å². The van der Waals surface area contributed by atoms with Crippen molar-refractivity contribution in [3.8, 4) is 0 Å². The maximum atomic E-state index is 12.6. The lowest BCUT2D eigenvalue weighted by atomic mass is 10.0. The minimum atomic E-state index is -4.89. The summed E-state index contributed by atoms with van der Waals surface area (Å²) in [6, 6.07) is 1.27. The number of unbranched alkanes of at least 4 members (excludes halogenated alkanes) is 1. The van der Waals surface area contributed by atoms with Crippen molar-refractivity contribution in [2.45, 2.75) is 45.1 Å². The fraction of sp³-hybridized carbons (Fsp3) is 0.500. The first kappa shape index (κ1) is 18.3. The van der Waals surface area contributed by atoms with Gasteiger partial charge in [0.25, 0.3) is 0 Å². The molecule has 0 aliphatic heterocycles. The van der Waals surface area contributed by atoms with E-state index in [-0.39, 0.29) is 24.6 Å². The molecule has 0 heterocycles.